The molecule has 0 fully saturated rings. The first-order chi connectivity index (χ1) is 9.69. The summed E-state index contributed by atoms with van der Waals surface area (Å²) in [6.45, 7) is 0. The van der Waals surface area contributed by atoms with Gasteiger partial charge in [-0.1, -0.05) is 0 Å². The van der Waals surface area contributed by atoms with Crippen LogP contribution in [-0.2, 0) is 10.0 Å². The van der Waals surface area contributed by atoms with E-state index in [1.165, 1.54) is 6.07 Å². The van der Waals surface area contributed by atoms with Gasteiger partial charge in [0.2, 0.25) is 0 Å². The van der Waals surface area contributed by atoms with Crippen molar-refractivity contribution >= 4 is 37.3 Å². The Labute approximate surface area is 127 Å². The molecule has 0 aromatic heterocycles. The Morgan fingerprint density at radius 2 is 1.57 bits per heavy atom. The lowest BCUT2D eigenvalue weighted by atomic mass is 10.3. The van der Waals surface area contributed by atoms with E-state index in [1.54, 1.807) is 0 Å². The molecule has 0 amide bonds. The number of nitrogen functional groups attached to an aromatic ring is 1. The summed E-state index contributed by atoms with van der Waals surface area (Å²) in [5.74, 6) is -3.00. The van der Waals surface area contributed by atoms with E-state index in [4.69, 9.17) is 5.73 Å². The number of benzene rings is 2. The van der Waals surface area contributed by atoms with Crippen LogP contribution in [0.5, 0.6) is 0 Å². The largest absolute Gasteiger partial charge is 0.399 e. The minimum Gasteiger partial charge on any atom is -0.399 e. The molecule has 0 spiro atoms. The number of hydrogen-bond acceptors (Lipinski definition) is 3. The summed E-state index contributed by atoms with van der Waals surface area (Å²) >= 11 is 2.83. The highest BCUT2D eigenvalue weighted by Gasteiger charge is 2.22. The predicted octanol–water partition coefficient (Wildman–Crippen LogP) is 3.25. The molecule has 0 unspecified atom stereocenters. The second-order valence-corrected chi connectivity index (χ2v) is 6.58. The van der Waals surface area contributed by atoms with Crippen LogP contribution in [0.4, 0.5) is 24.5 Å². The van der Waals surface area contributed by atoms with Crippen molar-refractivity contribution in [2.24, 2.45) is 0 Å². The maximum Gasteiger partial charge on any atom is 0.264 e. The molecule has 0 aliphatic carbocycles. The Morgan fingerprint density at radius 1 is 1.00 bits per heavy atom. The number of nitrogens with one attached hydrogen (secondary N) is 1. The average Bonchev–Trinajstić information content (AvgIpc) is 2.31. The van der Waals surface area contributed by atoms with Gasteiger partial charge >= 0.3 is 0 Å². The van der Waals surface area contributed by atoms with Crippen molar-refractivity contribution in [1.82, 2.24) is 0 Å². The quantitative estimate of drug-likeness (QED) is 0.802. The van der Waals surface area contributed by atoms with Crippen LogP contribution >= 0.6 is 15.9 Å². The van der Waals surface area contributed by atoms with Crippen LogP contribution < -0.4 is 10.5 Å². The summed E-state index contributed by atoms with van der Waals surface area (Å²) in [4.78, 5) is -0.737. The third-order valence-electron chi connectivity index (χ3n) is 2.42. The first-order valence-corrected chi connectivity index (χ1v) is 7.70. The zero-order valence-electron chi connectivity index (χ0n) is 10.2. The standard InChI is InChI=1S/C12H8BrF3N2O2S/c13-10-4-8(17)5-11(12(10)16)21(19,20)18-9-2-6(14)1-7(15)3-9/h1-5,18H,17H2. The van der Waals surface area contributed by atoms with Gasteiger partial charge in [0, 0.05) is 11.8 Å². The maximum atomic E-state index is 13.9. The monoisotopic (exact) mass is 380 g/mol. The summed E-state index contributed by atoms with van der Waals surface area (Å²) < 4.78 is 65.8. The van der Waals surface area contributed by atoms with Crippen LogP contribution in [-0.4, -0.2) is 8.42 Å². The molecule has 0 heterocycles. The topological polar surface area (TPSA) is 72.2 Å². The number of sulfonamides is 1. The van der Waals surface area contributed by atoms with E-state index in [0.29, 0.717) is 6.07 Å². The van der Waals surface area contributed by atoms with Crippen LogP contribution in [0.3, 0.4) is 0 Å². The van der Waals surface area contributed by atoms with E-state index in [1.807, 2.05) is 4.72 Å². The Hall–Kier alpha value is -1.74. The summed E-state index contributed by atoms with van der Waals surface area (Å²) in [6.07, 6.45) is 0. The van der Waals surface area contributed by atoms with Gasteiger partial charge in [-0.2, -0.15) is 0 Å². The van der Waals surface area contributed by atoms with Crippen molar-refractivity contribution < 1.29 is 21.6 Å². The number of hydrogen-bond donors (Lipinski definition) is 2. The van der Waals surface area contributed by atoms with Gasteiger partial charge in [0.25, 0.3) is 10.0 Å². The van der Waals surface area contributed by atoms with Gasteiger partial charge in [-0.3, -0.25) is 4.72 Å². The zero-order chi connectivity index (χ0) is 15.8. The Bertz CT molecular complexity index is 792. The summed E-state index contributed by atoms with van der Waals surface area (Å²) in [5.41, 5.74) is 5.10. The van der Waals surface area contributed by atoms with Gasteiger partial charge in [-0.25, -0.2) is 21.6 Å². The number of anilines is 2. The fraction of sp³-hybridized carbons (Fsp3) is 0. The van der Waals surface area contributed by atoms with Gasteiger partial charge < -0.3 is 5.73 Å². The van der Waals surface area contributed by atoms with Gasteiger partial charge in [0.05, 0.1) is 10.2 Å². The summed E-state index contributed by atoms with van der Waals surface area (Å²) in [5, 5.41) is 0. The first kappa shape index (κ1) is 15.6. The molecule has 0 saturated heterocycles. The van der Waals surface area contributed by atoms with Crippen molar-refractivity contribution in [3.8, 4) is 0 Å². The molecule has 9 heteroatoms. The molecule has 2 rings (SSSR count). The lowest BCUT2D eigenvalue weighted by molar-refractivity contribution is 0.566. The third kappa shape index (κ3) is 3.48. The number of rotatable bonds is 3. The number of nitrogens with two attached hydrogens (primary N) is 1. The molecule has 0 aliphatic rings. The zero-order valence-corrected chi connectivity index (χ0v) is 12.6. The normalized spacial score (nSPS) is 11.4. The summed E-state index contributed by atoms with van der Waals surface area (Å²) in [6, 6.07) is 4.20. The van der Waals surface area contributed by atoms with Crippen LogP contribution in [0, 0.1) is 17.5 Å². The fourth-order valence-electron chi connectivity index (χ4n) is 1.60. The van der Waals surface area contributed by atoms with E-state index in [0.717, 1.165) is 18.2 Å². The average molecular weight is 381 g/mol. The van der Waals surface area contributed by atoms with Gasteiger partial charge in [-0.15, -0.1) is 0 Å². The highest BCUT2D eigenvalue weighted by atomic mass is 79.9. The van der Waals surface area contributed by atoms with E-state index in [9.17, 15) is 21.6 Å². The van der Waals surface area contributed by atoms with Crippen LogP contribution in [0.15, 0.2) is 39.7 Å². The van der Waals surface area contributed by atoms with Crippen LogP contribution in [0.2, 0.25) is 0 Å². The molecule has 21 heavy (non-hydrogen) atoms. The van der Waals surface area contributed by atoms with Crippen molar-refractivity contribution in [3.63, 3.8) is 0 Å². The molecule has 3 N–H and O–H groups in total. The van der Waals surface area contributed by atoms with E-state index < -0.39 is 32.4 Å². The Morgan fingerprint density at radius 3 is 2.14 bits per heavy atom. The predicted molar refractivity (Wildman–Crippen MR) is 75.7 cm³/mol. The van der Waals surface area contributed by atoms with Crippen molar-refractivity contribution in [1.29, 1.82) is 0 Å². The van der Waals surface area contributed by atoms with Crippen LogP contribution in [0.1, 0.15) is 0 Å². The Kier molecular flexibility index (Phi) is 4.15. The molecule has 4 nitrogen and oxygen atoms in total. The molecule has 0 saturated carbocycles. The van der Waals surface area contributed by atoms with Crippen LogP contribution in [0.25, 0.3) is 0 Å². The highest BCUT2D eigenvalue weighted by molar-refractivity contribution is 9.10. The molecule has 112 valence electrons. The Balaban J connectivity index is 2.48. The fourth-order valence-corrected chi connectivity index (χ4v) is 3.39. The summed E-state index contributed by atoms with van der Waals surface area (Å²) in [7, 11) is -4.39. The number of halogens is 4. The molecule has 2 aromatic carbocycles. The van der Waals surface area contributed by atoms with Gasteiger partial charge in [0.15, 0.2) is 5.82 Å². The molecule has 0 radical (unpaired) electrons. The van der Waals surface area contributed by atoms with Crippen molar-refractivity contribution in [2.75, 3.05) is 10.5 Å². The van der Waals surface area contributed by atoms with Crippen molar-refractivity contribution in [2.45, 2.75) is 4.90 Å². The third-order valence-corrected chi connectivity index (χ3v) is 4.38. The molecule has 0 bridgehead atoms. The van der Waals surface area contributed by atoms with E-state index >= 15 is 0 Å². The smallest absolute Gasteiger partial charge is 0.264 e. The molecule has 0 aliphatic heterocycles. The lowest BCUT2D eigenvalue weighted by Crippen LogP contribution is -2.15. The highest BCUT2D eigenvalue weighted by Crippen LogP contribution is 2.27. The van der Waals surface area contributed by atoms with E-state index in [-0.39, 0.29) is 15.8 Å². The second kappa shape index (κ2) is 5.57. The molecular weight excluding hydrogens is 373 g/mol. The molecule has 0 atom stereocenters. The molecule has 2 aromatic rings. The first-order valence-electron chi connectivity index (χ1n) is 5.42. The SMILES string of the molecule is Nc1cc(Br)c(F)c(S(=O)(=O)Nc2cc(F)cc(F)c2)c1. The molecular formula is C12H8BrF3N2O2S. The second-order valence-electron chi connectivity index (χ2n) is 4.08. The van der Waals surface area contributed by atoms with Crippen molar-refractivity contribution in [3.05, 3.63) is 52.3 Å². The minimum atomic E-state index is -4.39. The van der Waals surface area contributed by atoms with E-state index in [2.05, 4.69) is 15.9 Å². The van der Waals surface area contributed by atoms with Gasteiger partial charge in [0.1, 0.15) is 16.5 Å². The maximum absolute atomic E-state index is 13.9. The lowest BCUT2D eigenvalue weighted by Gasteiger charge is -2.10. The minimum absolute atomic E-state index is 0.00840. The van der Waals surface area contributed by atoms with Gasteiger partial charge in [-0.05, 0) is 40.2 Å².